The normalized spacial score (nSPS) is 13.3. The summed E-state index contributed by atoms with van der Waals surface area (Å²) in [7, 11) is 0. The van der Waals surface area contributed by atoms with Gasteiger partial charge in [-0.15, -0.1) is 0 Å². The Hall–Kier alpha value is -0.370. The summed E-state index contributed by atoms with van der Waals surface area (Å²) in [5.74, 6) is 0. The minimum absolute atomic E-state index is 0.0750. The van der Waals surface area contributed by atoms with Crippen molar-refractivity contribution < 1.29 is 9.53 Å². The second-order valence-electron chi connectivity index (χ2n) is 6.24. The third-order valence-corrected chi connectivity index (χ3v) is 2.40. The van der Waals surface area contributed by atoms with Gasteiger partial charge in [0.05, 0.1) is 12.7 Å². The Balaban J connectivity index is 4.16. The molecular formula is C13H26O2. The average Bonchev–Trinajstić information content (AvgIpc) is 1.98. The van der Waals surface area contributed by atoms with Gasteiger partial charge in [-0.05, 0) is 31.1 Å². The Morgan fingerprint density at radius 2 is 1.67 bits per heavy atom. The first-order chi connectivity index (χ1) is 6.68. The molecule has 0 aromatic rings. The third kappa shape index (κ3) is 7.55. The first-order valence-corrected chi connectivity index (χ1v) is 5.74. The lowest BCUT2D eigenvalue weighted by Crippen LogP contribution is -2.28. The van der Waals surface area contributed by atoms with E-state index in [1.54, 1.807) is 0 Å². The molecule has 0 saturated heterocycles. The van der Waals surface area contributed by atoms with Gasteiger partial charge in [-0.2, -0.15) is 0 Å². The van der Waals surface area contributed by atoms with E-state index < -0.39 is 0 Å². The Labute approximate surface area is 94.4 Å². The van der Waals surface area contributed by atoms with Crippen LogP contribution in [0.25, 0.3) is 0 Å². The van der Waals surface area contributed by atoms with Crippen molar-refractivity contribution in [2.75, 3.05) is 6.61 Å². The minimum Gasteiger partial charge on any atom is -0.378 e. The van der Waals surface area contributed by atoms with Crippen LogP contribution in [0.15, 0.2) is 0 Å². The van der Waals surface area contributed by atoms with E-state index in [0.717, 1.165) is 19.3 Å². The number of hydrogen-bond acceptors (Lipinski definition) is 2. The molecule has 0 aromatic carbocycles. The Morgan fingerprint density at radius 1 is 1.13 bits per heavy atom. The largest absolute Gasteiger partial charge is 0.378 e. The molecule has 0 radical (unpaired) electrons. The van der Waals surface area contributed by atoms with E-state index in [2.05, 4.69) is 27.7 Å². The van der Waals surface area contributed by atoms with Crippen LogP contribution >= 0.6 is 0 Å². The Bertz CT molecular complexity index is 193. The molecule has 15 heavy (non-hydrogen) atoms. The molecule has 0 aromatic heterocycles. The number of hydrogen-bond donors (Lipinski definition) is 0. The number of ether oxygens (including phenoxy) is 1. The van der Waals surface area contributed by atoms with Crippen molar-refractivity contribution in [1.82, 2.24) is 0 Å². The molecule has 0 aliphatic heterocycles. The van der Waals surface area contributed by atoms with Gasteiger partial charge in [0.2, 0.25) is 0 Å². The molecule has 0 bridgehead atoms. The van der Waals surface area contributed by atoms with Crippen LogP contribution in [0.4, 0.5) is 0 Å². The van der Waals surface area contributed by atoms with Crippen molar-refractivity contribution in [2.24, 2.45) is 10.8 Å². The van der Waals surface area contributed by atoms with Crippen LogP contribution in [0, 0.1) is 10.8 Å². The van der Waals surface area contributed by atoms with E-state index in [1.165, 1.54) is 0 Å². The molecule has 0 rings (SSSR count). The fourth-order valence-corrected chi connectivity index (χ4v) is 2.04. The second kappa shape index (κ2) is 5.64. The van der Waals surface area contributed by atoms with E-state index >= 15 is 0 Å². The number of rotatable bonds is 7. The van der Waals surface area contributed by atoms with Gasteiger partial charge in [-0.1, -0.05) is 27.7 Å². The lowest BCUT2D eigenvalue weighted by atomic mass is 9.74. The summed E-state index contributed by atoms with van der Waals surface area (Å²) in [4.78, 5) is 10.5. The smallest absolute Gasteiger partial charge is 0.120 e. The first kappa shape index (κ1) is 14.6. The highest BCUT2D eigenvalue weighted by atomic mass is 16.5. The maximum atomic E-state index is 10.5. The van der Waals surface area contributed by atoms with Gasteiger partial charge < -0.3 is 9.53 Å². The molecule has 0 heterocycles. The van der Waals surface area contributed by atoms with Gasteiger partial charge in [0.1, 0.15) is 6.29 Å². The van der Waals surface area contributed by atoms with E-state index in [9.17, 15) is 4.79 Å². The fourth-order valence-electron chi connectivity index (χ4n) is 2.04. The molecule has 0 saturated carbocycles. The SMILES string of the molecule is CC(C)OCC(C)(C)CC(C)(C)CC=O. The van der Waals surface area contributed by atoms with Crippen LogP contribution in [-0.4, -0.2) is 19.0 Å². The molecule has 0 amide bonds. The highest BCUT2D eigenvalue weighted by Crippen LogP contribution is 2.35. The van der Waals surface area contributed by atoms with Crippen molar-refractivity contribution in [3.63, 3.8) is 0 Å². The van der Waals surface area contributed by atoms with Crippen molar-refractivity contribution in [3.8, 4) is 0 Å². The molecule has 2 nitrogen and oxygen atoms in total. The lowest BCUT2D eigenvalue weighted by Gasteiger charge is -2.34. The van der Waals surface area contributed by atoms with E-state index in [4.69, 9.17) is 4.74 Å². The summed E-state index contributed by atoms with van der Waals surface area (Å²) in [5, 5.41) is 0. The predicted octanol–water partition coefficient (Wildman–Crippen LogP) is 3.44. The zero-order chi connectivity index (χ0) is 12.1. The van der Waals surface area contributed by atoms with E-state index in [1.807, 2.05) is 13.8 Å². The lowest BCUT2D eigenvalue weighted by molar-refractivity contribution is -0.110. The molecule has 0 fully saturated rings. The Kier molecular flexibility index (Phi) is 5.50. The van der Waals surface area contributed by atoms with Gasteiger partial charge in [-0.3, -0.25) is 0 Å². The van der Waals surface area contributed by atoms with Crippen molar-refractivity contribution in [2.45, 2.75) is 60.5 Å². The van der Waals surface area contributed by atoms with Crippen LogP contribution in [0.2, 0.25) is 0 Å². The third-order valence-electron chi connectivity index (χ3n) is 2.40. The van der Waals surface area contributed by atoms with Crippen LogP contribution in [0.1, 0.15) is 54.4 Å². The van der Waals surface area contributed by atoms with Crippen molar-refractivity contribution in [3.05, 3.63) is 0 Å². The van der Waals surface area contributed by atoms with Gasteiger partial charge in [0.25, 0.3) is 0 Å². The zero-order valence-electron chi connectivity index (χ0n) is 11.1. The number of aldehydes is 1. The molecule has 0 aliphatic rings. The summed E-state index contributed by atoms with van der Waals surface area (Å²) in [6.45, 7) is 13.5. The summed E-state index contributed by atoms with van der Waals surface area (Å²) >= 11 is 0. The molecule has 0 unspecified atom stereocenters. The second-order valence-corrected chi connectivity index (χ2v) is 6.24. The van der Waals surface area contributed by atoms with Gasteiger partial charge >= 0.3 is 0 Å². The van der Waals surface area contributed by atoms with Crippen LogP contribution in [-0.2, 0) is 9.53 Å². The molecule has 0 N–H and O–H groups in total. The quantitative estimate of drug-likeness (QED) is 0.607. The maximum absolute atomic E-state index is 10.5. The molecule has 0 spiro atoms. The van der Waals surface area contributed by atoms with Gasteiger partial charge in [0, 0.05) is 6.42 Å². The monoisotopic (exact) mass is 214 g/mol. The number of carbonyl (C=O) groups excluding carboxylic acids is 1. The van der Waals surface area contributed by atoms with Gasteiger partial charge in [0.15, 0.2) is 0 Å². The summed E-state index contributed by atoms with van der Waals surface area (Å²) in [5.41, 5.74) is 0.211. The van der Waals surface area contributed by atoms with E-state index in [-0.39, 0.29) is 16.9 Å². The highest BCUT2D eigenvalue weighted by Gasteiger charge is 2.28. The molecule has 90 valence electrons. The van der Waals surface area contributed by atoms with Gasteiger partial charge in [-0.25, -0.2) is 0 Å². The highest BCUT2D eigenvalue weighted by molar-refractivity contribution is 5.50. The topological polar surface area (TPSA) is 26.3 Å². The Morgan fingerprint density at radius 3 is 2.07 bits per heavy atom. The van der Waals surface area contributed by atoms with Crippen LogP contribution in [0.3, 0.4) is 0 Å². The summed E-state index contributed by atoms with van der Waals surface area (Å²) in [6, 6.07) is 0. The van der Waals surface area contributed by atoms with Crippen molar-refractivity contribution >= 4 is 6.29 Å². The maximum Gasteiger partial charge on any atom is 0.120 e. The van der Waals surface area contributed by atoms with Crippen LogP contribution < -0.4 is 0 Å². The number of carbonyl (C=O) groups is 1. The zero-order valence-corrected chi connectivity index (χ0v) is 11.1. The molecule has 0 aliphatic carbocycles. The molecule has 0 atom stereocenters. The predicted molar refractivity (Wildman–Crippen MR) is 63.9 cm³/mol. The summed E-state index contributed by atoms with van der Waals surface area (Å²) < 4.78 is 5.64. The average molecular weight is 214 g/mol. The standard InChI is InChI=1S/C13H26O2/c1-11(2)15-10-13(5,6)9-12(3,4)7-8-14/h8,11H,7,9-10H2,1-6H3. The minimum atomic E-state index is 0.0750. The van der Waals surface area contributed by atoms with Crippen LogP contribution in [0.5, 0.6) is 0 Å². The summed E-state index contributed by atoms with van der Waals surface area (Å²) in [6.07, 6.45) is 2.92. The fraction of sp³-hybridized carbons (Fsp3) is 0.923. The first-order valence-electron chi connectivity index (χ1n) is 5.74. The van der Waals surface area contributed by atoms with Crippen molar-refractivity contribution in [1.29, 1.82) is 0 Å². The molecular weight excluding hydrogens is 188 g/mol. The molecule has 2 heteroatoms. The van der Waals surface area contributed by atoms with E-state index in [0.29, 0.717) is 6.42 Å².